The van der Waals surface area contributed by atoms with Crippen LogP contribution in [0.15, 0.2) is 24.3 Å². The van der Waals surface area contributed by atoms with E-state index >= 15 is 0 Å². The second-order valence-corrected chi connectivity index (χ2v) is 2.74. The summed E-state index contributed by atoms with van der Waals surface area (Å²) in [7, 11) is 0. The van der Waals surface area contributed by atoms with E-state index in [0.29, 0.717) is 19.8 Å². The Morgan fingerprint density at radius 2 is 1.93 bits per heavy atom. The maximum Gasteiger partial charge on any atom is 0.123 e. The Balaban J connectivity index is 2.15. The van der Waals surface area contributed by atoms with Crippen molar-refractivity contribution in [2.75, 3.05) is 19.8 Å². The minimum atomic E-state index is -0.239. The number of benzene rings is 1. The Bertz CT molecular complexity index is 246. The first-order valence-corrected chi connectivity index (χ1v) is 4.61. The first kappa shape index (κ1) is 11.1. The molecule has 0 aliphatic rings. The summed E-state index contributed by atoms with van der Waals surface area (Å²) in [5.74, 6) is -0.239. The molecule has 0 aliphatic carbocycles. The van der Waals surface area contributed by atoms with Crippen LogP contribution in [0.4, 0.5) is 4.39 Å². The third-order valence-electron chi connectivity index (χ3n) is 1.64. The van der Waals surface area contributed by atoms with Gasteiger partial charge in [0.1, 0.15) is 12.4 Å². The topological polar surface area (TPSA) is 18.5 Å². The molecule has 0 amide bonds. The number of rotatable bonds is 6. The predicted molar refractivity (Wildman–Crippen MR) is 52.2 cm³/mol. The molecule has 0 saturated heterocycles. The average Bonchev–Trinajstić information content (AvgIpc) is 2.21. The van der Waals surface area contributed by atoms with E-state index in [2.05, 4.69) is 0 Å². The van der Waals surface area contributed by atoms with Crippen molar-refractivity contribution < 1.29 is 13.9 Å². The molecule has 1 rings (SSSR count). The summed E-state index contributed by atoms with van der Waals surface area (Å²) in [5.41, 5.74) is 0.850. The summed E-state index contributed by atoms with van der Waals surface area (Å²) in [6, 6.07) is 6.13. The maximum absolute atomic E-state index is 12.5. The Labute approximate surface area is 83.6 Å². The van der Waals surface area contributed by atoms with E-state index in [1.165, 1.54) is 12.1 Å². The lowest BCUT2D eigenvalue weighted by Crippen LogP contribution is -2.02. The number of hydrogen-bond acceptors (Lipinski definition) is 2. The van der Waals surface area contributed by atoms with Gasteiger partial charge in [-0.05, 0) is 24.6 Å². The van der Waals surface area contributed by atoms with Gasteiger partial charge in [0.2, 0.25) is 0 Å². The average molecular weight is 197 g/mol. The van der Waals surface area contributed by atoms with Gasteiger partial charge in [-0.25, -0.2) is 4.39 Å². The molecule has 0 saturated carbocycles. The predicted octanol–water partition coefficient (Wildman–Crippen LogP) is 2.39. The molecule has 0 aliphatic heterocycles. The largest absolute Gasteiger partial charge is 0.379 e. The van der Waals surface area contributed by atoms with E-state index in [4.69, 9.17) is 9.47 Å². The van der Waals surface area contributed by atoms with Crippen LogP contribution in [0.3, 0.4) is 0 Å². The van der Waals surface area contributed by atoms with E-state index < -0.39 is 0 Å². The van der Waals surface area contributed by atoms with Crippen LogP contribution in [0.5, 0.6) is 0 Å². The molecule has 77 valence electrons. The molecule has 1 aromatic rings. The summed E-state index contributed by atoms with van der Waals surface area (Å²) in [5, 5.41) is 0. The fourth-order valence-corrected chi connectivity index (χ4v) is 0.948. The second-order valence-electron chi connectivity index (χ2n) is 2.74. The molecule has 14 heavy (non-hydrogen) atoms. The fourth-order valence-electron chi connectivity index (χ4n) is 0.948. The highest BCUT2D eigenvalue weighted by Crippen LogP contribution is 2.05. The first-order chi connectivity index (χ1) is 6.83. The molecule has 0 heterocycles. The molecule has 0 spiro atoms. The van der Waals surface area contributed by atoms with Gasteiger partial charge in [0, 0.05) is 6.61 Å². The van der Waals surface area contributed by atoms with Crippen LogP contribution in [0.25, 0.3) is 0 Å². The molecule has 0 bridgehead atoms. The Morgan fingerprint density at radius 3 is 2.57 bits per heavy atom. The van der Waals surface area contributed by atoms with Crippen LogP contribution >= 0.6 is 0 Å². The van der Waals surface area contributed by atoms with E-state index in [1.54, 1.807) is 18.7 Å². The summed E-state index contributed by atoms with van der Waals surface area (Å²) >= 11 is 0. The molecule has 1 aromatic carbocycles. The quantitative estimate of drug-likeness (QED) is 0.652. The summed E-state index contributed by atoms with van der Waals surface area (Å²) in [4.78, 5) is 0. The van der Waals surface area contributed by atoms with Crippen molar-refractivity contribution in [2.24, 2.45) is 0 Å². The number of halogens is 1. The summed E-state index contributed by atoms with van der Waals surface area (Å²) < 4.78 is 22.8. The van der Waals surface area contributed by atoms with Crippen molar-refractivity contribution in [3.63, 3.8) is 0 Å². The van der Waals surface area contributed by atoms with E-state index in [9.17, 15) is 4.39 Å². The van der Waals surface area contributed by atoms with Gasteiger partial charge in [0.05, 0.1) is 13.2 Å². The van der Waals surface area contributed by atoms with Crippen molar-refractivity contribution in [1.29, 1.82) is 0 Å². The smallest absolute Gasteiger partial charge is 0.123 e. The van der Waals surface area contributed by atoms with Crippen molar-refractivity contribution in [3.8, 4) is 0 Å². The molecule has 1 radical (unpaired) electrons. The third-order valence-corrected chi connectivity index (χ3v) is 1.64. The summed E-state index contributed by atoms with van der Waals surface area (Å²) in [6.07, 6.45) is 0. The molecule has 2 nitrogen and oxygen atoms in total. The van der Waals surface area contributed by atoms with Gasteiger partial charge in [-0.3, -0.25) is 0 Å². The molecule has 0 unspecified atom stereocenters. The van der Waals surface area contributed by atoms with Crippen LogP contribution < -0.4 is 0 Å². The molecule has 3 heteroatoms. The zero-order valence-electron chi connectivity index (χ0n) is 8.20. The van der Waals surface area contributed by atoms with Gasteiger partial charge in [-0.1, -0.05) is 12.1 Å². The van der Waals surface area contributed by atoms with Gasteiger partial charge in [0.25, 0.3) is 0 Å². The Hall–Kier alpha value is -0.930. The van der Waals surface area contributed by atoms with Crippen LogP contribution in [0.1, 0.15) is 12.5 Å². The van der Waals surface area contributed by atoms with Crippen LogP contribution in [0, 0.1) is 12.4 Å². The van der Waals surface area contributed by atoms with Crippen molar-refractivity contribution >= 4 is 0 Å². The van der Waals surface area contributed by atoms with Gasteiger partial charge in [-0.2, -0.15) is 0 Å². The highest BCUT2D eigenvalue weighted by molar-refractivity contribution is 5.20. The first-order valence-electron chi connectivity index (χ1n) is 4.61. The molecule has 0 aromatic heterocycles. The molecule has 0 N–H and O–H groups in total. The van der Waals surface area contributed by atoms with Crippen LogP contribution in [-0.2, 0) is 9.47 Å². The van der Waals surface area contributed by atoms with Gasteiger partial charge in [0.15, 0.2) is 0 Å². The SMILES string of the molecule is CCOCCO[CH]c1ccc(F)cc1. The monoisotopic (exact) mass is 197 g/mol. The Morgan fingerprint density at radius 1 is 1.21 bits per heavy atom. The van der Waals surface area contributed by atoms with Crippen molar-refractivity contribution in [3.05, 3.63) is 42.3 Å². The number of ether oxygens (including phenoxy) is 2. The lowest BCUT2D eigenvalue weighted by Gasteiger charge is -2.03. The molecular weight excluding hydrogens is 183 g/mol. The normalized spacial score (nSPS) is 10.4. The van der Waals surface area contributed by atoms with Gasteiger partial charge >= 0.3 is 0 Å². The van der Waals surface area contributed by atoms with Crippen molar-refractivity contribution in [2.45, 2.75) is 6.92 Å². The minimum absolute atomic E-state index is 0.239. The summed E-state index contributed by atoms with van der Waals surface area (Å²) in [6.45, 7) is 5.32. The van der Waals surface area contributed by atoms with Gasteiger partial charge < -0.3 is 9.47 Å². The van der Waals surface area contributed by atoms with E-state index in [-0.39, 0.29) is 5.82 Å². The minimum Gasteiger partial charge on any atom is -0.379 e. The van der Waals surface area contributed by atoms with Crippen LogP contribution in [-0.4, -0.2) is 19.8 Å². The van der Waals surface area contributed by atoms with E-state index in [0.717, 1.165) is 5.56 Å². The number of hydrogen-bond donors (Lipinski definition) is 0. The van der Waals surface area contributed by atoms with Crippen molar-refractivity contribution in [1.82, 2.24) is 0 Å². The fraction of sp³-hybridized carbons (Fsp3) is 0.364. The third kappa shape index (κ3) is 4.35. The van der Waals surface area contributed by atoms with Crippen LogP contribution in [0.2, 0.25) is 0 Å². The lowest BCUT2D eigenvalue weighted by molar-refractivity contribution is 0.0828. The highest BCUT2D eigenvalue weighted by Gasteiger charge is 1.94. The second kappa shape index (κ2) is 6.51. The van der Waals surface area contributed by atoms with E-state index in [1.807, 2.05) is 6.92 Å². The lowest BCUT2D eigenvalue weighted by atomic mass is 10.2. The zero-order chi connectivity index (χ0) is 10.2. The van der Waals surface area contributed by atoms with Gasteiger partial charge in [-0.15, -0.1) is 0 Å². The standard InChI is InChI=1S/C11H14FO2/c1-2-13-7-8-14-9-10-3-5-11(12)6-4-10/h3-6,9H,2,7-8H2,1H3. The Kier molecular flexibility index (Phi) is 5.19. The zero-order valence-corrected chi connectivity index (χ0v) is 8.20. The molecule has 0 fully saturated rings. The molecule has 0 atom stereocenters. The molecular formula is C11H14FO2. The highest BCUT2D eigenvalue weighted by atomic mass is 19.1. The maximum atomic E-state index is 12.5.